The largest absolute Gasteiger partial charge is 0.379 e. The Morgan fingerprint density at radius 2 is 0.931 bits per heavy atom. The summed E-state index contributed by atoms with van der Waals surface area (Å²) in [6.07, 6.45) is 0.444. The number of nitrogens with zero attached hydrogens (tertiary/aromatic N) is 3. The Balaban J connectivity index is 3.01. The SMILES string of the molecule is CC(=O)CCOCCOCCOCCOCCOCCOCCOCCN=[N+]=[N-]. The smallest absolute Gasteiger partial charge is 0.132 e. The van der Waals surface area contributed by atoms with E-state index in [2.05, 4.69) is 10.0 Å². The zero-order valence-corrected chi connectivity index (χ0v) is 17.4. The molecule has 0 N–H and O–H groups in total. The maximum absolute atomic E-state index is 10.7. The first-order valence-electron chi connectivity index (χ1n) is 9.82. The molecule has 0 heterocycles. The third kappa shape index (κ3) is 26.7. The second kappa shape index (κ2) is 24.7. The van der Waals surface area contributed by atoms with Crippen LogP contribution in [-0.4, -0.2) is 105 Å². The van der Waals surface area contributed by atoms with Gasteiger partial charge in [0.25, 0.3) is 0 Å². The van der Waals surface area contributed by atoms with E-state index < -0.39 is 0 Å². The number of azide groups is 1. The van der Waals surface area contributed by atoms with Crippen LogP contribution >= 0.6 is 0 Å². The van der Waals surface area contributed by atoms with Crippen molar-refractivity contribution < 1.29 is 38.0 Å². The van der Waals surface area contributed by atoms with Crippen molar-refractivity contribution >= 4 is 5.78 Å². The van der Waals surface area contributed by atoms with Gasteiger partial charge in [0.1, 0.15) is 5.78 Å². The number of carbonyl (C=O) groups excluding carboxylic acids is 1. The lowest BCUT2D eigenvalue weighted by Gasteiger charge is -2.08. The minimum absolute atomic E-state index is 0.126. The third-order valence-corrected chi connectivity index (χ3v) is 3.23. The van der Waals surface area contributed by atoms with Gasteiger partial charge in [-0.25, -0.2) is 0 Å². The maximum Gasteiger partial charge on any atom is 0.132 e. The van der Waals surface area contributed by atoms with Crippen molar-refractivity contribution in [2.75, 3.05) is 99.0 Å². The molecule has 0 atom stereocenters. The molecule has 11 heteroatoms. The second-order valence-corrected chi connectivity index (χ2v) is 5.69. The van der Waals surface area contributed by atoms with Crippen LogP contribution in [0.2, 0.25) is 0 Å². The molecule has 0 aromatic heterocycles. The van der Waals surface area contributed by atoms with E-state index in [0.29, 0.717) is 105 Å². The normalized spacial score (nSPS) is 10.8. The number of Topliss-reactive ketones (excluding diaryl/α,β-unsaturated/α-hetero) is 1. The molecular weight excluding hydrogens is 386 g/mol. The van der Waals surface area contributed by atoms with Gasteiger partial charge in [0.2, 0.25) is 0 Å². The zero-order chi connectivity index (χ0) is 21.3. The molecule has 0 amide bonds. The molecular formula is C18H35N3O8. The first-order valence-corrected chi connectivity index (χ1v) is 9.82. The molecule has 0 rings (SSSR count). The highest BCUT2D eigenvalue weighted by atomic mass is 16.6. The van der Waals surface area contributed by atoms with Gasteiger partial charge in [-0.1, -0.05) is 5.11 Å². The van der Waals surface area contributed by atoms with Gasteiger partial charge in [-0.05, 0) is 12.5 Å². The van der Waals surface area contributed by atoms with E-state index >= 15 is 0 Å². The molecule has 0 aliphatic rings. The Labute approximate surface area is 172 Å². The topological polar surface area (TPSA) is 130 Å². The molecule has 0 aliphatic carbocycles. The Morgan fingerprint density at radius 1 is 0.621 bits per heavy atom. The van der Waals surface area contributed by atoms with Crippen molar-refractivity contribution in [3.05, 3.63) is 10.4 Å². The predicted molar refractivity (Wildman–Crippen MR) is 105 cm³/mol. The van der Waals surface area contributed by atoms with Gasteiger partial charge in [-0.3, -0.25) is 4.79 Å². The van der Waals surface area contributed by atoms with Crippen LogP contribution in [0.1, 0.15) is 13.3 Å². The van der Waals surface area contributed by atoms with Gasteiger partial charge >= 0.3 is 0 Å². The summed E-state index contributed by atoms with van der Waals surface area (Å²) in [5, 5.41) is 3.36. The Kier molecular flexibility index (Phi) is 23.6. The van der Waals surface area contributed by atoms with Crippen molar-refractivity contribution in [1.82, 2.24) is 0 Å². The number of ketones is 1. The number of hydrogen-bond donors (Lipinski definition) is 0. The Bertz CT molecular complexity index is 387. The lowest BCUT2D eigenvalue weighted by Crippen LogP contribution is -2.14. The summed E-state index contributed by atoms with van der Waals surface area (Å²) in [5.74, 6) is 0.126. The van der Waals surface area contributed by atoms with Gasteiger partial charge in [0.05, 0.1) is 92.5 Å². The fraction of sp³-hybridized carbons (Fsp3) is 0.944. The van der Waals surface area contributed by atoms with Crippen LogP contribution in [0.15, 0.2) is 5.11 Å². The number of carbonyl (C=O) groups is 1. The third-order valence-electron chi connectivity index (χ3n) is 3.23. The molecule has 0 bridgehead atoms. The molecule has 29 heavy (non-hydrogen) atoms. The summed E-state index contributed by atoms with van der Waals surface area (Å²) in [6, 6.07) is 0. The van der Waals surface area contributed by atoms with Crippen LogP contribution in [0.3, 0.4) is 0 Å². The fourth-order valence-electron chi connectivity index (χ4n) is 1.79. The molecule has 0 aromatic rings. The van der Waals surface area contributed by atoms with E-state index in [-0.39, 0.29) is 5.78 Å². The summed E-state index contributed by atoms with van der Waals surface area (Å²) in [7, 11) is 0. The van der Waals surface area contributed by atoms with Crippen molar-refractivity contribution in [2.24, 2.45) is 5.11 Å². The first-order chi connectivity index (χ1) is 14.3. The number of rotatable bonds is 24. The van der Waals surface area contributed by atoms with Gasteiger partial charge in [-0.15, -0.1) is 0 Å². The van der Waals surface area contributed by atoms with E-state index in [1.54, 1.807) is 6.92 Å². The van der Waals surface area contributed by atoms with E-state index in [4.69, 9.17) is 38.7 Å². The van der Waals surface area contributed by atoms with E-state index in [9.17, 15) is 4.79 Å². The van der Waals surface area contributed by atoms with Crippen LogP contribution in [0, 0.1) is 0 Å². The fourth-order valence-corrected chi connectivity index (χ4v) is 1.79. The molecule has 0 aromatic carbocycles. The summed E-state index contributed by atoms with van der Waals surface area (Å²) in [5.41, 5.74) is 8.08. The van der Waals surface area contributed by atoms with Crippen molar-refractivity contribution in [3.8, 4) is 0 Å². The van der Waals surface area contributed by atoms with Crippen molar-refractivity contribution in [1.29, 1.82) is 0 Å². The molecule has 0 saturated heterocycles. The molecule has 0 spiro atoms. The summed E-state index contributed by atoms with van der Waals surface area (Å²) in [4.78, 5) is 13.3. The van der Waals surface area contributed by atoms with Crippen molar-refractivity contribution in [2.45, 2.75) is 13.3 Å². The van der Waals surface area contributed by atoms with E-state index in [0.717, 1.165) is 0 Å². The van der Waals surface area contributed by atoms with Crippen molar-refractivity contribution in [3.63, 3.8) is 0 Å². The highest BCUT2D eigenvalue weighted by Crippen LogP contribution is 1.87. The molecule has 0 unspecified atom stereocenters. The lowest BCUT2D eigenvalue weighted by atomic mass is 10.3. The van der Waals surface area contributed by atoms with E-state index in [1.807, 2.05) is 0 Å². The minimum Gasteiger partial charge on any atom is -0.379 e. The monoisotopic (exact) mass is 421 g/mol. The zero-order valence-electron chi connectivity index (χ0n) is 17.4. The molecule has 170 valence electrons. The van der Waals surface area contributed by atoms with Gasteiger partial charge in [0.15, 0.2) is 0 Å². The molecule has 0 fully saturated rings. The van der Waals surface area contributed by atoms with Crippen LogP contribution in [0.25, 0.3) is 10.4 Å². The summed E-state index contributed by atoms with van der Waals surface area (Å²) >= 11 is 0. The standard InChI is InChI=1S/C18H35N3O8/c1-18(22)2-4-23-6-8-25-10-12-27-14-16-29-17-15-28-13-11-26-9-7-24-5-3-20-21-19/h2-17H2,1H3. The average molecular weight is 421 g/mol. The van der Waals surface area contributed by atoms with Crippen LogP contribution in [0.5, 0.6) is 0 Å². The average Bonchev–Trinajstić information content (AvgIpc) is 2.71. The number of hydrogen-bond acceptors (Lipinski definition) is 9. The van der Waals surface area contributed by atoms with Crippen LogP contribution in [0.4, 0.5) is 0 Å². The predicted octanol–water partition coefficient (Wildman–Crippen LogP) is 1.39. The Morgan fingerprint density at radius 3 is 1.24 bits per heavy atom. The molecule has 0 saturated carbocycles. The van der Waals surface area contributed by atoms with Gasteiger partial charge in [-0.2, -0.15) is 0 Å². The lowest BCUT2D eigenvalue weighted by molar-refractivity contribution is -0.118. The Hall–Kier alpha value is -1.30. The first kappa shape index (κ1) is 27.7. The molecule has 0 radical (unpaired) electrons. The van der Waals surface area contributed by atoms with Crippen LogP contribution in [-0.2, 0) is 38.0 Å². The quantitative estimate of drug-likeness (QED) is 0.0989. The van der Waals surface area contributed by atoms with Gasteiger partial charge < -0.3 is 33.2 Å². The number of ether oxygens (including phenoxy) is 7. The summed E-state index contributed by atoms with van der Waals surface area (Å²) < 4.78 is 37.2. The summed E-state index contributed by atoms with van der Waals surface area (Å²) in [6.45, 7) is 8.61. The highest BCUT2D eigenvalue weighted by molar-refractivity contribution is 5.75. The van der Waals surface area contributed by atoms with E-state index in [1.165, 1.54) is 0 Å². The second-order valence-electron chi connectivity index (χ2n) is 5.69. The van der Waals surface area contributed by atoms with Gasteiger partial charge in [0, 0.05) is 17.9 Å². The maximum atomic E-state index is 10.7. The molecule has 11 nitrogen and oxygen atoms in total. The minimum atomic E-state index is 0.126. The molecule has 0 aliphatic heterocycles. The van der Waals surface area contributed by atoms with Crippen LogP contribution < -0.4 is 0 Å². The highest BCUT2D eigenvalue weighted by Gasteiger charge is 1.95.